The zero-order chi connectivity index (χ0) is 17.8. The van der Waals surface area contributed by atoms with Crippen molar-refractivity contribution < 1.29 is 8.42 Å². The van der Waals surface area contributed by atoms with Crippen molar-refractivity contribution in [1.82, 2.24) is 8.87 Å². The summed E-state index contributed by atoms with van der Waals surface area (Å²) in [5.74, 6) is 0. The Kier molecular flexibility index (Phi) is 3.74. The Morgan fingerprint density at radius 1 is 1.04 bits per heavy atom. The molecule has 0 atom stereocenters. The molecular weight excluding hydrogens is 332 g/mol. The summed E-state index contributed by atoms with van der Waals surface area (Å²) in [7, 11) is -1.43. The van der Waals surface area contributed by atoms with Crippen molar-refractivity contribution in [2.75, 3.05) is 6.54 Å². The highest BCUT2D eigenvalue weighted by atomic mass is 32.2. The normalized spacial score (nSPS) is 15.5. The Morgan fingerprint density at radius 2 is 1.80 bits per heavy atom. The summed E-state index contributed by atoms with van der Waals surface area (Å²) >= 11 is 0. The first-order chi connectivity index (χ1) is 11.9. The molecule has 3 aromatic rings. The highest BCUT2D eigenvalue weighted by Gasteiger charge is 2.32. The molecule has 0 saturated heterocycles. The Hall–Kier alpha value is -2.11. The predicted molar refractivity (Wildman–Crippen MR) is 100 cm³/mol. The van der Waals surface area contributed by atoms with Gasteiger partial charge in [-0.3, -0.25) is 0 Å². The lowest BCUT2D eigenvalue weighted by Gasteiger charge is -2.28. The number of sulfonamides is 1. The van der Waals surface area contributed by atoms with Gasteiger partial charge < -0.3 is 4.57 Å². The second-order valence-corrected chi connectivity index (χ2v) is 8.77. The first-order valence-corrected chi connectivity index (χ1v) is 9.96. The number of aryl methyl sites for hydroxylation is 3. The summed E-state index contributed by atoms with van der Waals surface area (Å²) in [6.07, 6.45) is 0.741. The average Bonchev–Trinajstić information content (AvgIpc) is 2.90. The van der Waals surface area contributed by atoms with Gasteiger partial charge in [0.1, 0.15) is 0 Å². The van der Waals surface area contributed by atoms with Gasteiger partial charge in [-0.25, -0.2) is 8.42 Å². The SMILES string of the molecule is Cc1ccc(C)c(S(=O)(=O)N2CCc3c(c4ccccc4n3C)C2)c1. The van der Waals surface area contributed by atoms with Crippen molar-refractivity contribution in [3.8, 4) is 0 Å². The summed E-state index contributed by atoms with van der Waals surface area (Å²) < 4.78 is 30.3. The van der Waals surface area contributed by atoms with E-state index in [2.05, 4.69) is 23.7 Å². The Labute approximate surface area is 148 Å². The molecule has 5 heteroatoms. The Bertz CT molecular complexity index is 1080. The van der Waals surface area contributed by atoms with Crippen LogP contribution >= 0.6 is 0 Å². The van der Waals surface area contributed by atoms with Crippen LogP contribution in [-0.4, -0.2) is 23.8 Å². The van der Waals surface area contributed by atoms with Crippen LogP contribution in [0.4, 0.5) is 0 Å². The van der Waals surface area contributed by atoms with E-state index in [1.807, 2.05) is 38.1 Å². The van der Waals surface area contributed by atoms with Crippen LogP contribution in [0.2, 0.25) is 0 Å². The van der Waals surface area contributed by atoms with Gasteiger partial charge >= 0.3 is 0 Å². The minimum Gasteiger partial charge on any atom is -0.347 e. The maximum absolute atomic E-state index is 13.2. The van der Waals surface area contributed by atoms with E-state index in [1.165, 1.54) is 11.2 Å². The number of nitrogens with zero attached hydrogens (tertiary/aromatic N) is 2. The smallest absolute Gasteiger partial charge is 0.243 e. The molecule has 0 unspecified atom stereocenters. The lowest BCUT2D eigenvalue weighted by Crippen LogP contribution is -2.36. The van der Waals surface area contributed by atoms with Gasteiger partial charge in [-0.2, -0.15) is 4.31 Å². The van der Waals surface area contributed by atoms with Gasteiger partial charge in [-0.1, -0.05) is 30.3 Å². The number of benzene rings is 2. The molecule has 0 amide bonds. The number of hydrogen-bond acceptors (Lipinski definition) is 2. The average molecular weight is 354 g/mol. The molecule has 0 radical (unpaired) electrons. The maximum Gasteiger partial charge on any atom is 0.243 e. The first kappa shape index (κ1) is 16.4. The van der Waals surface area contributed by atoms with Crippen LogP contribution in [0, 0.1) is 13.8 Å². The Morgan fingerprint density at radius 3 is 2.60 bits per heavy atom. The van der Waals surface area contributed by atoms with E-state index in [0.29, 0.717) is 18.0 Å². The van der Waals surface area contributed by atoms with Gasteiger partial charge in [0.05, 0.1) is 4.90 Å². The molecule has 130 valence electrons. The molecule has 0 fully saturated rings. The quantitative estimate of drug-likeness (QED) is 0.706. The molecule has 1 aliphatic heterocycles. The van der Waals surface area contributed by atoms with Crippen LogP contribution in [0.25, 0.3) is 10.9 Å². The van der Waals surface area contributed by atoms with Crippen molar-refractivity contribution in [1.29, 1.82) is 0 Å². The van der Waals surface area contributed by atoms with Gasteiger partial charge in [-0.15, -0.1) is 0 Å². The van der Waals surface area contributed by atoms with Crippen LogP contribution in [0.5, 0.6) is 0 Å². The van der Waals surface area contributed by atoms with Gasteiger partial charge in [0, 0.05) is 43.2 Å². The molecule has 1 aromatic heterocycles. The summed E-state index contributed by atoms with van der Waals surface area (Å²) in [4.78, 5) is 0.427. The molecule has 0 bridgehead atoms. The van der Waals surface area contributed by atoms with Crippen molar-refractivity contribution >= 4 is 20.9 Å². The summed E-state index contributed by atoms with van der Waals surface area (Å²) in [5.41, 5.74) is 5.31. The monoisotopic (exact) mass is 354 g/mol. The number of fused-ring (bicyclic) bond motifs is 3. The fourth-order valence-corrected chi connectivity index (χ4v) is 5.55. The molecule has 0 N–H and O–H groups in total. The molecule has 4 rings (SSSR count). The number of hydrogen-bond donors (Lipinski definition) is 0. The van der Waals surface area contributed by atoms with E-state index >= 15 is 0 Å². The molecule has 2 heterocycles. The number of aromatic nitrogens is 1. The van der Waals surface area contributed by atoms with Crippen molar-refractivity contribution in [3.05, 3.63) is 64.8 Å². The minimum atomic E-state index is -3.49. The molecule has 0 aliphatic carbocycles. The number of para-hydroxylation sites is 1. The molecular formula is C20H22N2O2S. The van der Waals surface area contributed by atoms with Crippen molar-refractivity contribution in [2.45, 2.75) is 31.7 Å². The third kappa shape index (κ3) is 2.50. The lowest BCUT2D eigenvalue weighted by atomic mass is 10.1. The van der Waals surface area contributed by atoms with E-state index in [-0.39, 0.29) is 0 Å². The van der Waals surface area contributed by atoms with Crippen LogP contribution in [0.15, 0.2) is 47.4 Å². The maximum atomic E-state index is 13.2. The van der Waals surface area contributed by atoms with Gasteiger partial charge in [-0.05, 0) is 42.7 Å². The van der Waals surface area contributed by atoms with Crippen LogP contribution in [0.3, 0.4) is 0 Å². The van der Waals surface area contributed by atoms with Crippen LogP contribution in [0.1, 0.15) is 22.4 Å². The highest BCUT2D eigenvalue weighted by molar-refractivity contribution is 7.89. The zero-order valence-corrected chi connectivity index (χ0v) is 15.6. The summed E-state index contributed by atoms with van der Waals surface area (Å²) in [5, 5.41) is 1.15. The van der Waals surface area contributed by atoms with E-state index in [0.717, 1.165) is 28.5 Å². The second kappa shape index (κ2) is 5.71. The highest BCUT2D eigenvalue weighted by Crippen LogP contribution is 2.33. The topological polar surface area (TPSA) is 42.3 Å². The van der Waals surface area contributed by atoms with Crippen molar-refractivity contribution in [2.24, 2.45) is 7.05 Å². The Balaban J connectivity index is 1.80. The van der Waals surface area contributed by atoms with Crippen molar-refractivity contribution in [3.63, 3.8) is 0 Å². The number of rotatable bonds is 2. The predicted octanol–water partition coefficient (Wildman–Crippen LogP) is 3.54. The van der Waals surface area contributed by atoms with E-state index in [9.17, 15) is 8.42 Å². The third-order valence-electron chi connectivity index (χ3n) is 5.24. The molecule has 2 aromatic carbocycles. The van der Waals surface area contributed by atoms with E-state index in [1.54, 1.807) is 10.4 Å². The van der Waals surface area contributed by atoms with E-state index < -0.39 is 10.0 Å². The van der Waals surface area contributed by atoms with E-state index in [4.69, 9.17) is 0 Å². The standard InChI is InChI=1S/C20H22N2O2S/c1-14-8-9-15(2)20(12-14)25(23,24)22-11-10-19-17(13-22)16-6-4-5-7-18(16)21(19)3/h4-9,12H,10-11,13H2,1-3H3. The van der Waals surface area contributed by atoms with Crippen LogP contribution < -0.4 is 0 Å². The summed E-state index contributed by atoms with van der Waals surface area (Å²) in [6.45, 7) is 4.75. The molecule has 0 spiro atoms. The largest absolute Gasteiger partial charge is 0.347 e. The molecule has 25 heavy (non-hydrogen) atoms. The lowest BCUT2D eigenvalue weighted by molar-refractivity contribution is 0.387. The molecule has 1 aliphatic rings. The third-order valence-corrected chi connectivity index (χ3v) is 7.22. The van der Waals surface area contributed by atoms with Crippen LogP contribution in [-0.2, 0) is 30.0 Å². The minimum absolute atomic E-state index is 0.427. The first-order valence-electron chi connectivity index (χ1n) is 8.52. The fourth-order valence-electron chi connectivity index (χ4n) is 3.84. The molecule has 0 saturated carbocycles. The molecule has 4 nitrogen and oxygen atoms in total. The summed E-state index contributed by atoms with van der Waals surface area (Å²) in [6, 6.07) is 13.8. The fraction of sp³-hybridized carbons (Fsp3) is 0.300. The van der Waals surface area contributed by atoms with Gasteiger partial charge in [0.25, 0.3) is 0 Å². The second-order valence-electron chi connectivity index (χ2n) is 6.86. The van der Waals surface area contributed by atoms with Gasteiger partial charge in [0.15, 0.2) is 0 Å². The van der Waals surface area contributed by atoms with Gasteiger partial charge in [0.2, 0.25) is 10.0 Å². The zero-order valence-electron chi connectivity index (χ0n) is 14.8.